The van der Waals surface area contributed by atoms with E-state index in [9.17, 15) is 4.39 Å². The van der Waals surface area contributed by atoms with E-state index in [4.69, 9.17) is 5.11 Å². The Bertz CT molecular complexity index is 693. The summed E-state index contributed by atoms with van der Waals surface area (Å²) in [6.45, 7) is -0.0361. The zero-order valence-electron chi connectivity index (χ0n) is 8.97. The number of aromatic nitrogens is 3. The number of pyridine rings is 1. The number of hydrogen-bond donors (Lipinski definition) is 1. The molecule has 5 heteroatoms. The predicted octanol–water partition coefficient (Wildman–Crippen LogP) is 1.56. The molecule has 0 aliphatic carbocycles. The van der Waals surface area contributed by atoms with Gasteiger partial charge in [0.1, 0.15) is 11.6 Å². The van der Waals surface area contributed by atoms with Crippen LogP contribution in [-0.2, 0) is 6.42 Å². The van der Waals surface area contributed by atoms with Crippen LogP contribution in [0.15, 0.2) is 30.3 Å². The minimum absolute atomic E-state index is 0.0361. The number of fused-ring (bicyclic) bond motifs is 3. The minimum Gasteiger partial charge on any atom is -0.396 e. The number of para-hydroxylation sites is 1. The normalized spacial score (nSPS) is 11.4. The Hall–Kier alpha value is -2.01. The van der Waals surface area contributed by atoms with Gasteiger partial charge in [-0.15, -0.1) is 10.2 Å². The van der Waals surface area contributed by atoms with Gasteiger partial charge in [-0.1, -0.05) is 12.1 Å². The van der Waals surface area contributed by atoms with Crippen molar-refractivity contribution in [1.82, 2.24) is 14.6 Å². The lowest BCUT2D eigenvalue weighted by Gasteiger charge is -2.04. The molecule has 0 spiro atoms. The molecule has 86 valence electrons. The maximum Gasteiger partial charge on any atom is 0.161 e. The van der Waals surface area contributed by atoms with Gasteiger partial charge in [0.15, 0.2) is 5.65 Å². The largest absolute Gasteiger partial charge is 0.396 e. The molecule has 0 saturated heterocycles. The first-order valence-electron chi connectivity index (χ1n) is 5.33. The molecule has 0 aliphatic rings. The molecule has 0 amide bonds. The van der Waals surface area contributed by atoms with Crippen molar-refractivity contribution in [3.05, 3.63) is 42.0 Å². The number of halogens is 1. The van der Waals surface area contributed by atoms with Crippen molar-refractivity contribution in [2.75, 3.05) is 6.61 Å². The standard InChI is InChI=1S/C12H10FN3O/c13-9-3-1-2-8-4-5-10-14-15-11(6-7-17)16(10)12(8)9/h1-5,17H,6-7H2. The molecule has 17 heavy (non-hydrogen) atoms. The quantitative estimate of drug-likeness (QED) is 0.728. The van der Waals surface area contributed by atoms with Crippen LogP contribution in [0.2, 0.25) is 0 Å². The third-order valence-electron chi connectivity index (χ3n) is 2.74. The SMILES string of the molecule is OCCc1nnc2ccc3cccc(F)c3n12. The molecule has 1 aromatic carbocycles. The first-order valence-corrected chi connectivity index (χ1v) is 5.33. The second-order valence-corrected chi connectivity index (χ2v) is 3.79. The zero-order chi connectivity index (χ0) is 11.8. The van der Waals surface area contributed by atoms with E-state index in [1.54, 1.807) is 16.5 Å². The number of rotatable bonds is 2. The van der Waals surface area contributed by atoms with Crippen molar-refractivity contribution in [2.45, 2.75) is 6.42 Å². The summed E-state index contributed by atoms with van der Waals surface area (Å²) in [5, 5.41) is 17.7. The van der Waals surface area contributed by atoms with Gasteiger partial charge in [-0.3, -0.25) is 4.40 Å². The highest BCUT2D eigenvalue weighted by molar-refractivity contribution is 5.82. The summed E-state index contributed by atoms with van der Waals surface area (Å²) in [5.74, 6) is 0.255. The fourth-order valence-corrected chi connectivity index (χ4v) is 2.01. The summed E-state index contributed by atoms with van der Waals surface area (Å²) < 4.78 is 15.5. The highest BCUT2D eigenvalue weighted by Crippen LogP contribution is 2.20. The monoisotopic (exact) mass is 231 g/mol. The predicted molar refractivity (Wildman–Crippen MR) is 61.2 cm³/mol. The molecule has 0 aliphatic heterocycles. The lowest BCUT2D eigenvalue weighted by molar-refractivity contribution is 0.296. The van der Waals surface area contributed by atoms with E-state index in [0.717, 1.165) is 5.39 Å². The highest BCUT2D eigenvalue weighted by Gasteiger charge is 2.11. The van der Waals surface area contributed by atoms with Gasteiger partial charge in [0, 0.05) is 11.8 Å². The van der Waals surface area contributed by atoms with Crippen LogP contribution in [-0.4, -0.2) is 26.3 Å². The van der Waals surface area contributed by atoms with E-state index in [0.29, 0.717) is 23.4 Å². The summed E-state index contributed by atoms with van der Waals surface area (Å²) in [7, 11) is 0. The Labute approximate surface area is 96.3 Å². The second kappa shape index (κ2) is 3.78. The van der Waals surface area contributed by atoms with Crippen LogP contribution in [0.3, 0.4) is 0 Å². The van der Waals surface area contributed by atoms with Crippen LogP contribution in [0, 0.1) is 5.82 Å². The van der Waals surface area contributed by atoms with Crippen LogP contribution < -0.4 is 0 Å². The molecule has 0 unspecified atom stereocenters. The van der Waals surface area contributed by atoms with Crippen LogP contribution >= 0.6 is 0 Å². The van der Waals surface area contributed by atoms with Gasteiger partial charge in [-0.2, -0.15) is 0 Å². The van der Waals surface area contributed by atoms with E-state index in [1.165, 1.54) is 6.07 Å². The molecule has 2 heterocycles. The Morgan fingerprint density at radius 1 is 1.18 bits per heavy atom. The van der Waals surface area contributed by atoms with Gasteiger partial charge in [0.25, 0.3) is 0 Å². The maximum absolute atomic E-state index is 13.9. The number of nitrogens with zero attached hydrogens (tertiary/aromatic N) is 3. The third kappa shape index (κ3) is 1.47. The molecule has 4 nitrogen and oxygen atoms in total. The summed E-state index contributed by atoms with van der Waals surface area (Å²) in [4.78, 5) is 0. The molecule has 0 bridgehead atoms. The molecule has 0 fully saturated rings. The van der Waals surface area contributed by atoms with Crippen LogP contribution in [0.25, 0.3) is 16.6 Å². The topological polar surface area (TPSA) is 50.4 Å². The first-order chi connectivity index (χ1) is 8.31. The van der Waals surface area contributed by atoms with Crippen molar-refractivity contribution in [3.8, 4) is 0 Å². The smallest absolute Gasteiger partial charge is 0.161 e. The molecule has 3 aromatic rings. The van der Waals surface area contributed by atoms with Crippen molar-refractivity contribution in [3.63, 3.8) is 0 Å². The van der Waals surface area contributed by atoms with Crippen molar-refractivity contribution >= 4 is 16.6 Å². The molecular weight excluding hydrogens is 221 g/mol. The molecule has 0 atom stereocenters. The highest BCUT2D eigenvalue weighted by atomic mass is 19.1. The molecule has 1 N–H and O–H groups in total. The first kappa shape index (κ1) is 10.2. The Morgan fingerprint density at radius 2 is 2.06 bits per heavy atom. The fourth-order valence-electron chi connectivity index (χ4n) is 2.01. The van der Waals surface area contributed by atoms with Gasteiger partial charge >= 0.3 is 0 Å². The summed E-state index contributed by atoms with van der Waals surface area (Å²) in [6.07, 6.45) is 0.356. The van der Waals surface area contributed by atoms with E-state index in [2.05, 4.69) is 10.2 Å². The van der Waals surface area contributed by atoms with E-state index >= 15 is 0 Å². The number of hydrogen-bond acceptors (Lipinski definition) is 3. The van der Waals surface area contributed by atoms with E-state index < -0.39 is 0 Å². The lowest BCUT2D eigenvalue weighted by Crippen LogP contribution is -2.00. The molecule has 0 radical (unpaired) electrons. The molecule has 3 rings (SSSR count). The van der Waals surface area contributed by atoms with E-state index in [1.807, 2.05) is 12.1 Å². The molecule has 0 saturated carbocycles. The van der Waals surface area contributed by atoms with E-state index in [-0.39, 0.29) is 12.4 Å². The lowest BCUT2D eigenvalue weighted by atomic mass is 10.2. The molecule has 2 aromatic heterocycles. The van der Waals surface area contributed by atoms with Crippen molar-refractivity contribution < 1.29 is 9.50 Å². The second-order valence-electron chi connectivity index (χ2n) is 3.79. The fraction of sp³-hybridized carbons (Fsp3) is 0.167. The third-order valence-corrected chi connectivity index (χ3v) is 2.74. The average Bonchev–Trinajstić information content (AvgIpc) is 2.73. The Balaban J connectivity index is 2.47. The average molecular weight is 231 g/mol. The number of benzene rings is 1. The van der Waals surface area contributed by atoms with Crippen molar-refractivity contribution in [1.29, 1.82) is 0 Å². The van der Waals surface area contributed by atoms with Crippen molar-refractivity contribution in [2.24, 2.45) is 0 Å². The number of aliphatic hydroxyl groups is 1. The van der Waals surface area contributed by atoms with Gasteiger partial charge in [-0.25, -0.2) is 4.39 Å². The Kier molecular flexibility index (Phi) is 2.26. The Morgan fingerprint density at radius 3 is 2.88 bits per heavy atom. The van der Waals surface area contributed by atoms with Gasteiger partial charge in [-0.05, 0) is 18.2 Å². The zero-order valence-corrected chi connectivity index (χ0v) is 8.97. The summed E-state index contributed by atoms with van der Waals surface area (Å²) in [5.41, 5.74) is 1.05. The van der Waals surface area contributed by atoms with Crippen LogP contribution in [0.5, 0.6) is 0 Å². The number of aliphatic hydroxyl groups excluding tert-OH is 1. The summed E-state index contributed by atoms with van der Waals surface area (Å²) >= 11 is 0. The minimum atomic E-state index is -0.313. The maximum atomic E-state index is 13.9. The molecular formula is C12H10FN3O. The van der Waals surface area contributed by atoms with Gasteiger partial charge in [0.05, 0.1) is 12.1 Å². The van der Waals surface area contributed by atoms with Crippen LogP contribution in [0.1, 0.15) is 5.82 Å². The summed E-state index contributed by atoms with van der Waals surface area (Å²) in [6, 6.07) is 8.51. The van der Waals surface area contributed by atoms with Crippen LogP contribution in [0.4, 0.5) is 4.39 Å². The van der Waals surface area contributed by atoms with Gasteiger partial charge < -0.3 is 5.11 Å². The van der Waals surface area contributed by atoms with Gasteiger partial charge in [0.2, 0.25) is 0 Å².